The van der Waals surface area contributed by atoms with Crippen molar-refractivity contribution in [3.05, 3.63) is 21.7 Å². The van der Waals surface area contributed by atoms with Crippen molar-refractivity contribution in [2.45, 2.75) is 20.8 Å². The number of rotatable bonds is 2. The Morgan fingerprint density at radius 2 is 1.67 bits per heavy atom. The Kier molecular flexibility index (Phi) is 9.91. The average molecular weight is 411 g/mol. The van der Waals surface area contributed by atoms with Crippen LogP contribution in [0.25, 0.3) is 0 Å². The van der Waals surface area contributed by atoms with E-state index >= 15 is 0 Å². The first-order chi connectivity index (χ1) is 5.00. The second-order valence-corrected chi connectivity index (χ2v) is 5.02. The van der Waals surface area contributed by atoms with E-state index in [-0.39, 0.29) is 18.6 Å². The van der Waals surface area contributed by atoms with Crippen LogP contribution in [-0.4, -0.2) is 3.90 Å². The maximum atomic E-state index is 5.96. The number of allylic oxidation sites excluding steroid dienone is 4. The van der Waals surface area contributed by atoms with Gasteiger partial charge in [0.2, 0.25) is 0 Å². The molecule has 0 aliphatic heterocycles. The first-order valence-corrected chi connectivity index (χ1v) is 5.30. The van der Waals surface area contributed by atoms with Crippen molar-refractivity contribution in [2.24, 2.45) is 0 Å². The molecule has 0 nitrogen and oxygen atoms in total. The summed E-state index contributed by atoms with van der Waals surface area (Å²) in [7, 11) is 0. The van der Waals surface area contributed by atoms with Crippen molar-refractivity contribution in [2.75, 3.05) is 0 Å². The molecule has 0 saturated heterocycles. The molecule has 0 fully saturated rings. The van der Waals surface area contributed by atoms with Gasteiger partial charge in [0, 0.05) is 18.6 Å². The Balaban J connectivity index is 0. The molecule has 0 saturated carbocycles. The molecule has 1 radical (unpaired) electrons. The molecule has 0 unspecified atom stereocenters. The van der Waals surface area contributed by atoms with E-state index in [1.54, 1.807) is 6.92 Å². The van der Waals surface area contributed by atoms with Crippen LogP contribution < -0.4 is 0 Å². The third-order valence-corrected chi connectivity index (χ3v) is 3.41. The van der Waals surface area contributed by atoms with Gasteiger partial charge in [0.1, 0.15) is 0 Å². The molecule has 0 aromatic rings. The van der Waals surface area contributed by atoms with Gasteiger partial charge in [-0.15, -0.1) is 0 Å². The van der Waals surface area contributed by atoms with Gasteiger partial charge < -0.3 is 0 Å². The molecule has 4 heteroatoms. The minimum absolute atomic E-state index is 0. The van der Waals surface area contributed by atoms with Crippen LogP contribution in [0.3, 0.4) is 0 Å². The molecule has 0 N–H and O–H groups in total. The van der Waals surface area contributed by atoms with Crippen LogP contribution in [0.5, 0.6) is 0 Å². The van der Waals surface area contributed by atoms with Crippen LogP contribution in [-0.2, 0) is 37.9 Å². The predicted molar refractivity (Wildman–Crippen MR) is 47.5 cm³/mol. The van der Waals surface area contributed by atoms with Crippen molar-refractivity contribution in [1.29, 1.82) is 0 Å². The topological polar surface area (TPSA) is 0 Å². The molecule has 0 amide bonds. The summed E-state index contributed by atoms with van der Waals surface area (Å²) in [6.07, 6.45) is 2.84. The maximum Gasteiger partial charge on any atom is 0 e. The summed E-state index contributed by atoms with van der Waals surface area (Å²) in [6, 6.07) is 0. The normalized spacial score (nSPS) is 13.2. The monoisotopic (exact) mass is 410 g/mol. The van der Waals surface area contributed by atoms with Crippen molar-refractivity contribution in [3.8, 4) is 0 Å². The van der Waals surface area contributed by atoms with Crippen molar-refractivity contribution in [3.63, 3.8) is 0 Å². The zero-order chi connectivity index (χ0) is 9.02. The zero-order valence-corrected chi connectivity index (χ0v) is 13.0. The van der Waals surface area contributed by atoms with Gasteiger partial charge in [-0.05, 0) is 0 Å². The van der Waals surface area contributed by atoms with Crippen LogP contribution in [0.15, 0.2) is 15.6 Å². The fourth-order valence-electron chi connectivity index (χ4n) is 0.548. The molecular weight excluding hydrogens is 402 g/mol. The Morgan fingerprint density at radius 1 is 1.25 bits per heavy atom. The van der Waals surface area contributed by atoms with Crippen LogP contribution >= 0.6 is 23.2 Å². The van der Waals surface area contributed by atoms with Gasteiger partial charge in [-0.3, -0.25) is 0 Å². The molecule has 0 rings (SSSR count). The van der Waals surface area contributed by atoms with Crippen molar-refractivity contribution >= 4 is 27.1 Å². The van der Waals surface area contributed by atoms with E-state index < -0.39 is 0 Å². The summed E-state index contributed by atoms with van der Waals surface area (Å²) in [4.78, 5) is 0. The predicted octanol–water partition coefficient (Wildman–Crippen LogP) is 3.18. The van der Waals surface area contributed by atoms with Crippen LogP contribution in [0, 0.1) is 6.08 Å². The summed E-state index contributed by atoms with van der Waals surface area (Å²) < 4.78 is 1.15. The minimum Gasteiger partial charge on any atom is 0 e. The summed E-state index contributed by atoms with van der Waals surface area (Å²) in [6.45, 7) is 5.66. The van der Waals surface area contributed by atoms with E-state index in [0.29, 0.717) is 5.03 Å². The third kappa shape index (κ3) is 5.05. The molecular formula is C8H9Cl2VW-. The molecule has 0 aliphatic carbocycles. The Bertz CT molecular complexity index is 231. The van der Waals surface area contributed by atoms with Crippen LogP contribution in [0.4, 0.5) is 0 Å². The smallest absolute Gasteiger partial charge is 0 e. The second kappa shape index (κ2) is 7.59. The molecule has 67 valence electrons. The van der Waals surface area contributed by atoms with E-state index in [1.165, 1.54) is 19.4 Å². The first-order valence-electron chi connectivity index (χ1n) is 3.08. The SMILES string of the molecule is C[C-]=C(Cl)C(C)=C(Cl)[C](C)=[W].[V]. The Morgan fingerprint density at radius 3 is 1.92 bits per heavy atom. The van der Waals surface area contributed by atoms with E-state index in [0.717, 1.165) is 14.5 Å². The van der Waals surface area contributed by atoms with Crippen LogP contribution in [0.2, 0.25) is 0 Å². The maximum absolute atomic E-state index is 5.96. The molecule has 0 bridgehead atoms. The molecule has 0 aliphatic rings. The van der Waals surface area contributed by atoms with Crippen molar-refractivity contribution in [1.82, 2.24) is 0 Å². The summed E-state index contributed by atoms with van der Waals surface area (Å²) in [5.74, 6) is 0. The Labute approximate surface area is 107 Å². The van der Waals surface area contributed by atoms with E-state index in [2.05, 4.69) is 6.08 Å². The zero-order valence-electron chi connectivity index (χ0n) is 7.11. The third-order valence-electron chi connectivity index (χ3n) is 1.19. The van der Waals surface area contributed by atoms with Gasteiger partial charge in [0.05, 0.1) is 0 Å². The van der Waals surface area contributed by atoms with Gasteiger partial charge >= 0.3 is 88.9 Å². The van der Waals surface area contributed by atoms with Gasteiger partial charge in [-0.25, -0.2) is 0 Å². The quantitative estimate of drug-likeness (QED) is 0.484. The fraction of sp³-hybridized carbons (Fsp3) is 0.375. The standard InChI is InChI=1S/C8H9Cl2.V.W/c1-4-7(9)6(3)8(10)5-2;;/h1-3H3;;/q-1;;. The Hall–Kier alpha value is 1.20. The molecule has 0 spiro atoms. The molecule has 0 aromatic carbocycles. The van der Waals surface area contributed by atoms with E-state index in [1.807, 2.05) is 13.8 Å². The van der Waals surface area contributed by atoms with Crippen LogP contribution in [0.1, 0.15) is 20.8 Å². The molecule has 12 heavy (non-hydrogen) atoms. The van der Waals surface area contributed by atoms with Gasteiger partial charge in [0.15, 0.2) is 0 Å². The summed E-state index contributed by atoms with van der Waals surface area (Å²) >= 11 is 13.1. The first kappa shape index (κ1) is 15.7. The summed E-state index contributed by atoms with van der Waals surface area (Å²) in [5.41, 5.74) is 0.906. The average Bonchev–Trinajstić information content (AvgIpc) is 2.00. The number of hydrogen-bond donors (Lipinski definition) is 0. The molecule has 0 atom stereocenters. The molecule has 0 aromatic heterocycles. The number of halogens is 2. The largest absolute Gasteiger partial charge is 0 e. The van der Waals surface area contributed by atoms with Gasteiger partial charge in [0.25, 0.3) is 0 Å². The second-order valence-electron chi connectivity index (χ2n) is 2.06. The van der Waals surface area contributed by atoms with E-state index in [4.69, 9.17) is 23.2 Å². The number of hydrogen-bond acceptors (Lipinski definition) is 0. The fourth-order valence-corrected chi connectivity index (χ4v) is 1.34. The molecule has 0 heterocycles. The van der Waals surface area contributed by atoms with E-state index in [9.17, 15) is 0 Å². The minimum atomic E-state index is 0. The van der Waals surface area contributed by atoms with Crippen molar-refractivity contribution < 1.29 is 37.9 Å². The van der Waals surface area contributed by atoms with Gasteiger partial charge in [-0.1, -0.05) is 0 Å². The summed E-state index contributed by atoms with van der Waals surface area (Å²) in [5, 5.41) is 1.37. The van der Waals surface area contributed by atoms with Gasteiger partial charge in [-0.2, -0.15) is 0 Å².